The molecule has 0 radical (unpaired) electrons. The van der Waals surface area contributed by atoms with Crippen LogP contribution in [0.15, 0.2) is 200 Å². The van der Waals surface area contributed by atoms with Crippen LogP contribution < -0.4 is 9.30 Å². The van der Waals surface area contributed by atoms with E-state index in [0.717, 1.165) is 83.4 Å². The van der Waals surface area contributed by atoms with Gasteiger partial charge in [0.05, 0.1) is 16.7 Å². The van der Waals surface area contributed by atoms with Gasteiger partial charge in [0, 0.05) is 44.3 Å². The number of aromatic nitrogens is 4. The number of fused-ring (bicyclic) bond motifs is 4. The van der Waals surface area contributed by atoms with E-state index in [9.17, 15) is 0 Å². The Morgan fingerprint density at radius 3 is 1.89 bits per heavy atom. The first-order valence-corrected chi connectivity index (χ1v) is 22.2. The van der Waals surface area contributed by atoms with Gasteiger partial charge in [-0.1, -0.05) is 173 Å². The molecule has 0 fully saturated rings. The van der Waals surface area contributed by atoms with Crippen molar-refractivity contribution in [1.29, 1.82) is 0 Å². The Morgan fingerprint density at radius 2 is 1.20 bits per heavy atom. The number of hydrogen-bond donors (Lipinski definition) is 0. The van der Waals surface area contributed by atoms with E-state index in [1.54, 1.807) is 0 Å². The summed E-state index contributed by atoms with van der Waals surface area (Å²) in [5.41, 5.74) is 13.8. The van der Waals surface area contributed by atoms with Gasteiger partial charge in [0.25, 0.3) is 6.33 Å². The molecule has 3 heterocycles. The van der Waals surface area contributed by atoms with Crippen molar-refractivity contribution in [1.82, 2.24) is 14.1 Å². The second-order valence-corrected chi connectivity index (χ2v) is 17.7. The molecule has 0 N–H and O–H groups in total. The average Bonchev–Trinajstić information content (AvgIpc) is 3.89. The molecule has 11 rings (SSSR count). The van der Waals surface area contributed by atoms with Crippen LogP contribution in [0.4, 0.5) is 0 Å². The number of imidazole rings is 1. The van der Waals surface area contributed by atoms with Crippen LogP contribution >= 0.6 is 0 Å². The molecule has 0 aliphatic carbocycles. The fourth-order valence-corrected chi connectivity index (χ4v) is 8.99. The Balaban J connectivity index is 0.00000511. The molecule has 0 aliphatic heterocycles. The molecule has 3 aromatic heterocycles. The van der Waals surface area contributed by atoms with Crippen LogP contribution in [0.3, 0.4) is 0 Å². The van der Waals surface area contributed by atoms with Crippen molar-refractivity contribution in [2.24, 2.45) is 5.41 Å². The van der Waals surface area contributed by atoms with Crippen molar-refractivity contribution < 1.29 is 30.4 Å². The van der Waals surface area contributed by atoms with Crippen LogP contribution in [-0.2, 0) is 21.1 Å². The van der Waals surface area contributed by atoms with Crippen molar-refractivity contribution in [2.45, 2.75) is 33.6 Å². The molecule has 0 aliphatic rings. The third-order valence-electron chi connectivity index (χ3n) is 12.8. The monoisotopic (exact) mass is 1030 g/mol. The maximum absolute atomic E-state index is 6.71. The Morgan fingerprint density at radius 1 is 0.561 bits per heavy atom. The van der Waals surface area contributed by atoms with Crippen LogP contribution in [0.1, 0.15) is 39.2 Å². The minimum Gasteiger partial charge on any atom is -0.510 e. The largest absolute Gasteiger partial charge is 0.510 e. The predicted octanol–water partition coefficient (Wildman–Crippen LogP) is 14.7. The van der Waals surface area contributed by atoms with E-state index in [0.29, 0.717) is 17.4 Å². The molecule has 6 heteroatoms. The molecule has 1 unspecified atom stereocenters. The second-order valence-electron chi connectivity index (χ2n) is 17.7. The van der Waals surface area contributed by atoms with Gasteiger partial charge >= 0.3 is 0 Å². The third kappa shape index (κ3) is 7.84. The first kappa shape index (κ1) is 42.6. The molecule has 66 heavy (non-hydrogen) atoms. The molecule has 5 nitrogen and oxygen atoms in total. The Labute approximate surface area is 400 Å². The summed E-state index contributed by atoms with van der Waals surface area (Å²) in [6, 6.07) is 75.1. The molecule has 0 saturated heterocycles. The summed E-state index contributed by atoms with van der Waals surface area (Å²) in [6.45, 7) is 9.14. The molecular weight excluding hydrogens is 988 g/mol. The van der Waals surface area contributed by atoms with Gasteiger partial charge in [-0.05, 0) is 85.6 Å². The molecule has 11 aromatic rings. The maximum atomic E-state index is 6.71. The van der Waals surface area contributed by atoms with Gasteiger partial charge in [-0.25, -0.2) is 4.98 Å². The quantitative estimate of drug-likeness (QED) is 0.107. The number of ether oxygens (including phenoxy) is 1. The van der Waals surface area contributed by atoms with Gasteiger partial charge < -0.3 is 13.9 Å². The van der Waals surface area contributed by atoms with Crippen LogP contribution in [0, 0.1) is 23.9 Å². The second kappa shape index (κ2) is 17.6. The summed E-state index contributed by atoms with van der Waals surface area (Å²) in [5, 5.41) is 2.22. The van der Waals surface area contributed by atoms with E-state index >= 15 is 0 Å². The smallest absolute Gasteiger partial charge is 0.268 e. The van der Waals surface area contributed by atoms with Crippen LogP contribution in [-0.4, -0.2) is 14.1 Å². The third-order valence-corrected chi connectivity index (χ3v) is 12.8. The zero-order chi connectivity index (χ0) is 44.1. The average molecular weight is 1030 g/mol. The summed E-state index contributed by atoms with van der Waals surface area (Å²) >= 11 is 0. The summed E-state index contributed by atoms with van der Waals surface area (Å²) in [4.78, 5) is 4.91. The van der Waals surface area contributed by atoms with Crippen molar-refractivity contribution >= 4 is 32.8 Å². The van der Waals surface area contributed by atoms with E-state index in [4.69, 9.17) is 9.72 Å². The number of pyridine rings is 1. The van der Waals surface area contributed by atoms with E-state index < -0.39 is 0 Å². The van der Waals surface area contributed by atoms with Crippen molar-refractivity contribution in [2.75, 3.05) is 0 Å². The first-order chi connectivity index (χ1) is 31.8. The minimum atomic E-state index is 0. The van der Waals surface area contributed by atoms with Gasteiger partial charge in [-0.3, -0.25) is 4.57 Å². The van der Waals surface area contributed by atoms with Crippen molar-refractivity contribution in [3.8, 4) is 62.1 Å². The number of rotatable bonds is 9. The Kier molecular flexibility index (Phi) is 11.3. The van der Waals surface area contributed by atoms with E-state index in [2.05, 4.69) is 236 Å². The molecule has 1 atom stereocenters. The zero-order valence-corrected chi connectivity index (χ0v) is 39.4. The van der Waals surface area contributed by atoms with Gasteiger partial charge in [0.2, 0.25) is 0 Å². The number of para-hydroxylation sites is 2. The predicted molar refractivity (Wildman–Crippen MR) is 264 cm³/mol. The van der Waals surface area contributed by atoms with Gasteiger partial charge in [-0.2, -0.15) is 18.2 Å². The molecule has 0 saturated carbocycles. The maximum Gasteiger partial charge on any atom is 0.268 e. The van der Waals surface area contributed by atoms with Crippen molar-refractivity contribution in [3.63, 3.8) is 0 Å². The normalized spacial score (nSPS) is 12.1. The summed E-state index contributed by atoms with van der Waals surface area (Å²) in [5.74, 6) is 2.34. The first-order valence-electron chi connectivity index (χ1n) is 22.2. The fourth-order valence-electron chi connectivity index (χ4n) is 8.99. The van der Waals surface area contributed by atoms with Gasteiger partial charge in [0.1, 0.15) is 5.82 Å². The number of benzene rings is 8. The van der Waals surface area contributed by atoms with E-state index in [1.165, 1.54) is 5.56 Å². The molecule has 0 spiro atoms. The minimum absolute atomic E-state index is 0. The Hall–Kier alpha value is -7.33. The van der Waals surface area contributed by atoms with Gasteiger partial charge in [-0.15, -0.1) is 29.7 Å². The van der Waals surface area contributed by atoms with E-state index in [-0.39, 0.29) is 26.5 Å². The standard InChI is InChI=1S/C60H46N4O.Pt/c1-41(60(2,3)4)45-34-35-61-58(37-45)64-54-29-15-14-26-52(54)53-32-31-49(39-56(53)64)65-48-25-16-24-47(38-48)62-40-63(55-33-30-46(36-57(55)62)42-18-8-5-9-19-42)59-50(43-20-10-6-11-21-43)27-17-28-51(59)44-22-12-7-13-23-44;/h5-37,41H,1-4H3;/q-2;. The van der Waals surface area contributed by atoms with Crippen molar-refractivity contribution in [3.05, 3.63) is 224 Å². The Bertz CT molecular complexity index is 3460. The summed E-state index contributed by atoms with van der Waals surface area (Å²) in [6.07, 6.45) is 5.75. The van der Waals surface area contributed by atoms with E-state index in [1.807, 2.05) is 24.4 Å². The van der Waals surface area contributed by atoms with Crippen LogP contribution in [0.2, 0.25) is 0 Å². The molecular formula is C60H46N4OPt-2. The van der Waals surface area contributed by atoms with Crippen LogP contribution in [0.25, 0.3) is 83.4 Å². The van der Waals surface area contributed by atoms with Gasteiger partial charge in [0.15, 0.2) is 0 Å². The topological polar surface area (TPSA) is 35.9 Å². The summed E-state index contributed by atoms with van der Waals surface area (Å²) in [7, 11) is 0. The SMILES string of the molecule is CC(c1ccnc(-n2c3[c-]c(Oc4[c-]c(-n5[c-][n+](-c6c(-c7ccccc7)cccc6-c6ccccc6)c6ccc(-c7ccccc7)cc65)ccc4)ccc3c3ccccc32)c1)C(C)(C)C.[Pt]. The molecule has 8 aromatic carbocycles. The number of hydrogen-bond acceptors (Lipinski definition) is 2. The van der Waals surface area contributed by atoms with Crippen LogP contribution in [0.5, 0.6) is 11.5 Å². The number of nitrogens with zero attached hydrogens (tertiary/aromatic N) is 4. The molecule has 0 bridgehead atoms. The molecule has 324 valence electrons. The zero-order valence-electron chi connectivity index (χ0n) is 37.1. The molecule has 0 amide bonds. The summed E-state index contributed by atoms with van der Waals surface area (Å²) < 4.78 is 13.2. The fraction of sp³-hybridized carbons (Fsp3) is 0.100.